The molecule has 0 radical (unpaired) electrons. The molecule has 4 heterocycles. The number of carbonyl (C=O) groups is 1. The fourth-order valence-electron chi connectivity index (χ4n) is 4.47. The summed E-state index contributed by atoms with van der Waals surface area (Å²) < 4.78 is 3.37. The highest BCUT2D eigenvalue weighted by Gasteiger charge is 2.34. The molecule has 1 fully saturated rings. The van der Waals surface area contributed by atoms with E-state index in [9.17, 15) is 9.59 Å². The Hall–Kier alpha value is -3.49. The van der Waals surface area contributed by atoms with Crippen LogP contribution in [-0.4, -0.2) is 41.6 Å². The molecule has 0 bridgehead atoms. The zero-order chi connectivity index (χ0) is 20.6. The average molecular weight is 405 g/mol. The van der Waals surface area contributed by atoms with E-state index in [0.29, 0.717) is 17.8 Å². The number of rotatable bonds is 5. The van der Waals surface area contributed by atoms with Crippen molar-refractivity contribution in [3.05, 3.63) is 64.6 Å². The van der Waals surface area contributed by atoms with Crippen molar-refractivity contribution in [1.29, 1.82) is 0 Å². The summed E-state index contributed by atoms with van der Waals surface area (Å²) in [7, 11) is 0. The highest BCUT2D eigenvalue weighted by Crippen LogP contribution is 2.38. The second-order valence-corrected chi connectivity index (χ2v) is 8.14. The third-order valence-corrected chi connectivity index (χ3v) is 6.13. The van der Waals surface area contributed by atoms with Gasteiger partial charge in [-0.1, -0.05) is 25.3 Å². The van der Waals surface area contributed by atoms with Gasteiger partial charge in [0.15, 0.2) is 11.3 Å². The zero-order valence-electron chi connectivity index (χ0n) is 16.5. The number of carbonyl (C=O) groups excluding carboxylic acids is 1. The normalized spacial score (nSPS) is 16.1. The quantitative estimate of drug-likeness (QED) is 0.528. The minimum Gasteiger partial charge on any atom is -0.351 e. The van der Waals surface area contributed by atoms with Crippen LogP contribution in [0.2, 0.25) is 0 Å². The Labute approximate surface area is 172 Å². The van der Waals surface area contributed by atoms with Crippen LogP contribution in [0.25, 0.3) is 11.3 Å². The van der Waals surface area contributed by atoms with Crippen LogP contribution in [0.3, 0.4) is 0 Å². The fourth-order valence-corrected chi connectivity index (χ4v) is 4.47. The highest BCUT2D eigenvalue weighted by molar-refractivity contribution is 5.94. The molecule has 2 N–H and O–H groups in total. The summed E-state index contributed by atoms with van der Waals surface area (Å²) >= 11 is 0. The van der Waals surface area contributed by atoms with Crippen molar-refractivity contribution in [2.75, 3.05) is 6.54 Å². The number of aromatic amines is 1. The third kappa shape index (κ3) is 3.36. The molecular weight excluding hydrogens is 382 g/mol. The number of nitrogens with one attached hydrogen (secondary N) is 2. The lowest BCUT2D eigenvalue weighted by Crippen LogP contribution is -2.41. The van der Waals surface area contributed by atoms with Gasteiger partial charge in [0.05, 0.1) is 5.56 Å². The van der Waals surface area contributed by atoms with Crippen LogP contribution in [-0.2, 0) is 6.42 Å². The van der Waals surface area contributed by atoms with E-state index in [1.54, 1.807) is 12.1 Å². The first-order valence-corrected chi connectivity index (χ1v) is 10.3. The van der Waals surface area contributed by atoms with Gasteiger partial charge in [0, 0.05) is 25.4 Å². The predicted octanol–water partition coefficient (Wildman–Crippen LogP) is 1.99. The Bertz CT molecular complexity index is 1260. The molecule has 0 saturated heterocycles. The van der Waals surface area contributed by atoms with Gasteiger partial charge in [-0.15, -0.1) is 10.2 Å². The van der Waals surface area contributed by atoms with Crippen LogP contribution in [0.1, 0.15) is 48.3 Å². The lowest BCUT2D eigenvalue weighted by atomic mass is 9.71. The molecule has 9 nitrogen and oxygen atoms in total. The first-order chi connectivity index (χ1) is 14.6. The van der Waals surface area contributed by atoms with E-state index >= 15 is 0 Å². The van der Waals surface area contributed by atoms with Crippen LogP contribution in [0, 0.1) is 5.41 Å². The van der Waals surface area contributed by atoms with Gasteiger partial charge in [-0.05, 0) is 42.5 Å². The van der Waals surface area contributed by atoms with E-state index < -0.39 is 0 Å². The first kappa shape index (κ1) is 18.5. The molecule has 1 aliphatic rings. The van der Waals surface area contributed by atoms with Crippen molar-refractivity contribution >= 4 is 17.2 Å². The van der Waals surface area contributed by atoms with Gasteiger partial charge in [0.25, 0.3) is 5.91 Å². The Balaban J connectivity index is 1.37. The largest absolute Gasteiger partial charge is 0.351 e. The molecule has 5 rings (SSSR count). The Morgan fingerprint density at radius 2 is 1.93 bits per heavy atom. The van der Waals surface area contributed by atoms with Crippen LogP contribution < -0.4 is 11.0 Å². The van der Waals surface area contributed by atoms with Gasteiger partial charge in [-0.2, -0.15) is 5.10 Å². The fraction of sp³-hybridized carbons (Fsp3) is 0.381. The summed E-state index contributed by atoms with van der Waals surface area (Å²) in [6.07, 6.45) is 9.85. The van der Waals surface area contributed by atoms with Crippen molar-refractivity contribution in [3.63, 3.8) is 0 Å². The van der Waals surface area contributed by atoms with Crippen molar-refractivity contribution < 1.29 is 4.79 Å². The predicted molar refractivity (Wildman–Crippen MR) is 110 cm³/mol. The van der Waals surface area contributed by atoms with Gasteiger partial charge < -0.3 is 5.32 Å². The van der Waals surface area contributed by atoms with Crippen LogP contribution in [0.5, 0.6) is 0 Å². The molecule has 9 heteroatoms. The van der Waals surface area contributed by atoms with Crippen molar-refractivity contribution in [1.82, 2.24) is 34.5 Å². The molecule has 4 aromatic heterocycles. The van der Waals surface area contributed by atoms with Crippen LogP contribution in [0.4, 0.5) is 0 Å². The van der Waals surface area contributed by atoms with E-state index in [1.807, 2.05) is 28.8 Å². The number of nitrogens with zero attached hydrogens (tertiary/aromatic N) is 5. The number of fused-ring (bicyclic) bond motifs is 2. The molecule has 0 aliphatic heterocycles. The van der Waals surface area contributed by atoms with Crippen molar-refractivity contribution in [2.45, 2.75) is 38.5 Å². The molecule has 1 saturated carbocycles. The lowest BCUT2D eigenvalue weighted by molar-refractivity contribution is 0.0906. The molecule has 1 amide bonds. The molecular formula is C21H23N7O2. The minimum absolute atomic E-state index is 0.0523. The number of aromatic nitrogens is 6. The first-order valence-electron chi connectivity index (χ1n) is 10.3. The molecule has 4 aromatic rings. The van der Waals surface area contributed by atoms with Gasteiger partial charge in [-0.25, -0.2) is 14.3 Å². The van der Waals surface area contributed by atoms with Gasteiger partial charge in [0.1, 0.15) is 5.82 Å². The van der Waals surface area contributed by atoms with E-state index in [0.717, 1.165) is 43.6 Å². The maximum atomic E-state index is 12.8. The van der Waals surface area contributed by atoms with Crippen molar-refractivity contribution in [2.24, 2.45) is 5.41 Å². The second-order valence-electron chi connectivity index (χ2n) is 8.14. The van der Waals surface area contributed by atoms with Gasteiger partial charge in [-0.3, -0.25) is 9.20 Å². The number of hydrogen-bond acceptors (Lipinski definition) is 5. The van der Waals surface area contributed by atoms with E-state index in [4.69, 9.17) is 0 Å². The van der Waals surface area contributed by atoms with E-state index in [2.05, 4.69) is 25.7 Å². The molecule has 30 heavy (non-hydrogen) atoms. The Morgan fingerprint density at radius 1 is 1.07 bits per heavy atom. The molecule has 0 atom stereocenters. The number of amides is 1. The summed E-state index contributed by atoms with van der Waals surface area (Å²) in [6.45, 7) is 0.561. The second kappa shape index (κ2) is 7.40. The van der Waals surface area contributed by atoms with Crippen molar-refractivity contribution in [3.8, 4) is 0 Å². The highest BCUT2D eigenvalue weighted by atomic mass is 16.2. The Kier molecular flexibility index (Phi) is 4.57. The van der Waals surface area contributed by atoms with Crippen LogP contribution >= 0.6 is 0 Å². The van der Waals surface area contributed by atoms with Crippen LogP contribution in [0.15, 0.2) is 47.5 Å². The SMILES string of the molecule is O=C(NCC1(Cc2nnc3ccccn23)CCCCC1)c1ccc2n[nH]c(=O)n2c1. The monoisotopic (exact) mass is 405 g/mol. The summed E-state index contributed by atoms with van der Waals surface area (Å²) in [5.74, 6) is 0.731. The summed E-state index contributed by atoms with van der Waals surface area (Å²) in [4.78, 5) is 24.6. The number of H-pyrrole nitrogens is 1. The lowest BCUT2D eigenvalue weighted by Gasteiger charge is -2.37. The molecule has 1 aliphatic carbocycles. The topological polar surface area (TPSA) is 109 Å². The average Bonchev–Trinajstić information content (AvgIpc) is 3.36. The molecule has 0 aromatic carbocycles. The maximum absolute atomic E-state index is 12.8. The zero-order valence-corrected chi connectivity index (χ0v) is 16.5. The standard InChI is InChI=1S/C21H23N7O2/c29-19(15-7-8-17-24-26-20(30)28(17)13-15)22-14-21(9-3-1-4-10-21)12-18-25-23-16-6-2-5-11-27(16)18/h2,5-8,11,13H,1,3-4,9-10,12,14H2,(H,22,29)(H,26,30). The third-order valence-electron chi connectivity index (χ3n) is 6.13. The number of pyridine rings is 2. The van der Waals surface area contributed by atoms with Gasteiger partial charge in [0.2, 0.25) is 0 Å². The van der Waals surface area contributed by atoms with Gasteiger partial charge >= 0.3 is 5.69 Å². The molecule has 0 unspecified atom stereocenters. The molecule has 154 valence electrons. The summed E-state index contributed by atoms with van der Waals surface area (Å²) in [6, 6.07) is 9.21. The maximum Gasteiger partial charge on any atom is 0.347 e. The Morgan fingerprint density at radius 3 is 2.80 bits per heavy atom. The summed E-state index contributed by atoms with van der Waals surface area (Å²) in [5, 5.41) is 18.1. The minimum atomic E-state index is -0.359. The van der Waals surface area contributed by atoms with E-state index in [1.165, 1.54) is 17.0 Å². The number of hydrogen-bond donors (Lipinski definition) is 2. The summed E-state index contributed by atoms with van der Waals surface area (Å²) in [5.41, 5.74) is 1.34. The molecule has 0 spiro atoms. The smallest absolute Gasteiger partial charge is 0.347 e. The van der Waals surface area contributed by atoms with E-state index in [-0.39, 0.29) is 17.0 Å².